The highest BCUT2D eigenvalue weighted by Gasteiger charge is 2.39. The molecule has 36 heavy (non-hydrogen) atoms. The third kappa shape index (κ3) is 3.48. The molecule has 0 bridgehead atoms. The molecular formula is C24H14N4O8. The summed E-state index contributed by atoms with van der Waals surface area (Å²) >= 11 is 0. The van der Waals surface area contributed by atoms with Gasteiger partial charge in [-0.05, 0) is 23.3 Å². The van der Waals surface area contributed by atoms with E-state index in [1.165, 1.54) is 34.1 Å². The molecule has 12 nitrogen and oxygen atoms in total. The summed E-state index contributed by atoms with van der Waals surface area (Å²) in [5.74, 6) is -3.40. The molecule has 3 aromatic rings. The van der Waals surface area contributed by atoms with E-state index in [2.05, 4.69) is 0 Å². The first-order chi connectivity index (χ1) is 17.2. The summed E-state index contributed by atoms with van der Waals surface area (Å²) in [6, 6.07) is 14.0. The van der Waals surface area contributed by atoms with E-state index in [0.717, 1.165) is 12.1 Å². The lowest BCUT2D eigenvalue weighted by Crippen LogP contribution is -2.32. The third-order valence-corrected chi connectivity index (χ3v) is 6.11. The molecule has 0 spiro atoms. The first kappa shape index (κ1) is 22.5. The molecule has 0 saturated carbocycles. The van der Waals surface area contributed by atoms with Gasteiger partial charge >= 0.3 is 0 Å². The van der Waals surface area contributed by atoms with Crippen LogP contribution < -0.4 is 9.80 Å². The molecule has 5 rings (SSSR count). The van der Waals surface area contributed by atoms with Gasteiger partial charge in [0, 0.05) is 24.3 Å². The van der Waals surface area contributed by atoms with Crippen molar-refractivity contribution in [3.05, 3.63) is 103 Å². The van der Waals surface area contributed by atoms with Gasteiger partial charge in [0.2, 0.25) is 0 Å². The summed E-state index contributed by atoms with van der Waals surface area (Å²) in [5.41, 5.74) is 0.846. The molecule has 12 heteroatoms. The standard InChI is InChI=1S/C24H14N4O8/c29-21-17-9-15(27(33)34)5-7-19(17)25(23(21)31)11-13-3-1-2-4-14(13)12-26-20-8-6-16(28(35)36)10-18(20)22(30)24(26)32/h1-10H,11-12H2. The Labute approximate surface area is 201 Å². The van der Waals surface area contributed by atoms with E-state index < -0.39 is 33.2 Å². The fraction of sp³-hybridized carbons (Fsp3) is 0.0833. The summed E-state index contributed by atoms with van der Waals surface area (Å²) < 4.78 is 0. The second kappa shape index (κ2) is 8.20. The van der Waals surface area contributed by atoms with Crippen LogP contribution in [0.3, 0.4) is 0 Å². The highest BCUT2D eigenvalue weighted by atomic mass is 16.6. The van der Waals surface area contributed by atoms with Crippen LogP contribution in [0.4, 0.5) is 22.7 Å². The van der Waals surface area contributed by atoms with Crippen LogP contribution >= 0.6 is 0 Å². The quantitative estimate of drug-likeness (QED) is 0.292. The third-order valence-electron chi connectivity index (χ3n) is 6.11. The molecule has 3 aromatic carbocycles. The predicted octanol–water partition coefficient (Wildman–Crippen LogP) is 2.96. The van der Waals surface area contributed by atoms with Crippen molar-refractivity contribution in [3.8, 4) is 0 Å². The fourth-order valence-electron chi connectivity index (χ4n) is 4.32. The minimum absolute atomic E-state index is 0.0609. The highest BCUT2D eigenvalue weighted by Crippen LogP contribution is 2.36. The van der Waals surface area contributed by atoms with Crippen molar-refractivity contribution in [1.29, 1.82) is 0 Å². The van der Waals surface area contributed by atoms with E-state index in [4.69, 9.17) is 0 Å². The molecule has 178 valence electrons. The number of carbonyl (C=O) groups excluding carboxylic acids is 4. The van der Waals surface area contributed by atoms with Crippen molar-refractivity contribution in [2.45, 2.75) is 13.1 Å². The van der Waals surface area contributed by atoms with Gasteiger partial charge in [-0.15, -0.1) is 0 Å². The zero-order valence-corrected chi connectivity index (χ0v) is 18.2. The maximum absolute atomic E-state index is 12.7. The average Bonchev–Trinajstić information content (AvgIpc) is 3.24. The molecule has 0 unspecified atom stereocenters. The molecule has 0 aromatic heterocycles. The summed E-state index contributed by atoms with van der Waals surface area (Å²) in [5, 5.41) is 22.1. The molecule has 2 aliphatic rings. The van der Waals surface area contributed by atoms with Crippen LogP contribution in [0.1, 0.15) is 31.8 Å². The average molecular weight is 486 g/mol. The van der Waals surface area contributed by atoms with Crippen molar-refractivity contribution >= 4 is 46.1 Å². The van der Waals surface area contributed by atoms with Gasteiger partial charge in [0.05, 0.1) is 45.4 Å². The Hall–Kier alpha value is -5.26. The number of benzene rings is 3. The van der Waals surface area contributed by atoms with E-state index in [-0.39, 0.29) is 47.0 Å². The zero-order valence-electron chi connectivity index (χ0n) is 18.2. The second-order valence-electron chi connectivity index (χ2n) is 8.13. The fourth-order valence-corrected chi connectivity index (χ4v) is 4.32. The first-order valence-corrected chi connectivity index (χ1v) is 10.5. The molecule has 0 radical (unpaired) electrons. The maximum Gasteiger partial charge on any atom is 0.299 e. The van der Waals surface area contributed by atoms with Crippen LogP contribution in [0.25, 0.3) is 0 Å². The summed E-state index contributed by atoms with van der Waals surface area (Å²) in [4.78, 5) is 73.6. The molecule has 0 aliphatic carbocycles. The SMILES string of the molecule is O=C1C(=O)N(Cc2ccccc2CN2C(=O)C(=O)c3cc([N+](=O)[O-])ccc32)c2ccc([N+](=O)[O-])cc21. The van der Waals surface area contributed by atoms with E-state index in [0.29, 0.717) is 11.1 Å². The number of nitrogens with zero attached hydrogens (tertiary/aromatic N) is 4. The number of fused-ring (bicyclic) bond motifs is 2. The predicted molar refractivity (Wildman–Crippen MR) is 124 cm³/mol. The summed E-state index contributed by atoms with van der Waals surface area (Å²) in [6.07, 6.45) is 0. The van der Waals surface area contributed by atoms with Crippen LogP contribution in [0, 0.1) is 20.2 Å². The Balaban J connectivity index is 1.47. The largest absolute Gasteiger partial charge is 0.300 e. The van der Waals surface area contributed by atoms with Gasteiger partial charge < -0.3 is 9.80 Å². The van der Waals surface area contributed by atoms with Crippen molar-refractivity contribution in [2.75, 3.05) is 9.80 Å². The monoisotopic (exact) mass is 486 g/mol. The minimum atomic E-state index is -0.859. The van der Waals surface area contributed by atoms with Gasteiger partial charge in [0.15, 0.2) is 0 Å². The van der Waals surface area contributed by atoms with Crippen LogP contribution in [-0.2, 0) is 22.7 Å². The number of nitro benzene ring substituents is 2. The van der Waals surface area contributed by atoms with Gasteiger partial charge in [-0.3, -0.25) is 39.4 Å². The van der Waals surface area contributed by atoms with Gasteiger partial charge in [0.1, 0.15) is 0 Å². The van der Waals surface area contributed by atoms with Crippen molar-refractivity contribution < 1.29 is 29.0 Å². The number of ketones is 2. The van der Waals surface area contributed by atoms with Crippen LogP contribution in [-0.4, -0.2) is 33.2 Å². The molecular weight excluding hydrogens is 472 g/mol. The number of nitro groups is 2. The van der Waals surface area contributed by atoms with E-state index in [1.54, 1.807) is 24.3 Å². The first-order valence-electron chi connectivity index (χ1n) is 10.5. The molecule has 2 amide bonds. The minimum Gasteiger partial charge on any atom is -0.300 e. The second-order valence-corrected chi connectivity index (χ2v) is 8.13. The number of amides is 2. The number of hydrogen-bond acceptors (Lipinski definition) is 8. The Bertz CT molecular complexity index is 1430. The normalized spacial score (nSPS) is 14.3. The van der Waals surface area contributed by atoms with Gasteiger partial charge in [-0.1, -0.05) is 24.3 Å². The Kier molecular flexibility index (Phi) is 5.13. The summed E-state index contributed by atoms with van der Waals surface area (Å²) in [7, 11) is 0. The number of anilines is 2. The smallest absolute Gasteiger partial charge is 0.299 e. The number of rotatable bonds is 6. The molecule has 0 fully saturated rings. The van der Waals surface area contributed by atoms with Crippen molar-refractivity contribution in [1.82, 2.24) is 0 Å². The highest BCUT2D eigenvalue weighted by molar-refractivity contribution is 6.53. The number of Topliss-reactive ketones (excluding diaryl/α,β-unsaturated/α-hetero) is 2. The van der Waals surface area contributed by atoms with Gasteiger partial charge in [-0.2, -0.15) is 0 Å². The molecule has 0 saturated heterocycles. The number of non-ortho nitro benzene ring substituents is 2. The Morgan fingerprint density at radius 2 is 1.00 bits per heavy atom. The van der Waals surface area contributed by atoms with Crippen molar-refractivity contribution in [2.24, 2.45) is 0 Å². The van der Waals surface area contributed by atoms with Crippen LogP contribution in [0.2, 0.25) is 0 Å². The molecule has 0 atom stereocenters. The molecule has 0 N–H and O–H groups in total. The van der Waals surface area contributed by atoms with E-state index in [9.17, 15) is 39.4 Å². The Morgan fingerprint density at radius 1 is 0.611 bits per heavy atom. The van der Waals surface area contributed by atoms with Crippen molar-refractivity contribution in [3.63, 3.8) is 0 Å². The molecule has 2 aliphatic heterocycles. The lowest BCUT2D eigenvalue weighted by atomic mass is 10.1. The van der Waals surface area contributed by atoms with Crippen LogP contribution in [0.5, 0.6) is 0 Å². The van der Waals surface area contributed by atoms with Crippen LogP contribution in [0.15, 0.2) is 60.7 Å². The number of carbonyl (C=O) groups is 4. The number of hydrogen-bond donors (Lipinski definition) is 0. The van der Waals surface area contributed by atoms with E-state index in [1.807, 2.05) is 0 Å². The Morgan fingerprint density at radius 3 is 1.36 bits per heavy atom. The van der Waals surface area contributed by atoms with Gasteiger partial charge in [-0.25, -0.2) is 0 Å². The summed E-state index contributed by atoms with van der Waals surface area (Å²) in [6.45, 7) is -0.122. The lowest BCUT2D eigenvalue weighted by Gasteiger charge is -2.22. The lowest BCUT2D eigenvalue weighted by molar-refractivity contribution is -0.385. The maximum atomic E-state index is 12.7. The van der Waals surface area contributed by atoms with E-state index >= 15 is 0 Å². The topological polar surface area (TPSA) is 161 Å². The van der Waals surface area contributed by atoms with Gasteiger partial charge in [0.25, 0.3) is 34.8 Å². The zero-order chi connectivity index (χ0) is 25.7. The molecule has 2 heterocycles.